The first-order valence-corrected chi connectivity index (χ1v) is 5.96. The molecule has 0 unspecified atom stereocenters. The van der Waals surface area contributed by atoms with Crippen LogP contribution >= 0.6 is 0 Å². The van der Waals surface area contributed by atoms with Gasteiger partial charge in [0.1, 0.15) is 0 Å². The van der Waals surface area contributed by atoms with Gasteiger partial charge in [-0.15, -0.1) is 0 Å². The number of aryl methyl sites for hydroxylation is 2. The molecule has 0 saturated heterocycles. The molecule has 0 aliphatic carbocycles. The van der Waals surface area contributed by atoms with Crippen molar-refractivity contribution in [1.82, 2.24) is 24.3 Å². The Morgan fingerprint density at radius 3 is 2.67 bits per heavy atom. The van der Waals surface area contributed by atoms with E-state index in [2.05, 4.69) is 15.1 Å². The van der Waals surface area contributed by atoms with Crippen molar-refractivity contribution in [1.29, 1.82) is 0 Å². The molecule has 6 nitrogen and oxygen atoms in total. The van der Waals surface area contributed by atoms with Gasteiger partial charge in [0.15, 0.2) is 5.65 Å². The predicted molar refractivity (Wildman–Crippen MR) is 68.4 cm³/mol. The summed E-state index contributed by atoms with van der Waals surface area (Å²) < 4.78 is 3.36. The lowest BCUT2D eigenvalue weighted by Gasteiger charge is -2.03. The summed E-state index contributed by atoms with van der Waals surface area (Å²) in [5.41, 5.74) is 1.39. The van der Waals surface area contributed by atoms with Gasteiger partial charge in [0.05, 0.1) is 28.8 Å². The number of hydrogen-bond acceptors (Lipinski definition) is 4. The molecule has 0 aliphatic heterocycles. The van der Waals surface area contributed by atoms with Crippen LogP contribution in [0.1, 0.15) is 13.8 Å². The average molecular weight is 243 g/mol. The number of rotatable bonds is 2. The van der Waals surface area contributed by atoms with Gasteiger partial charge < -0.3 is 0 Å². The fraction of sp³-hybridized carbons (Fsp3) is 0.333. The molecule has 0 saturated carbocycles. The zero-order valence-corrected chi connectivity index (χ0v) is 10.3. The molecule has 0 aromatic carbocycles. The molecular weight excluding hydrogens is 230 g/mol. The molecule has 0 atom stereocenters. The molecule has 18 heavy (non-hydrogen) atoms. The lowest BCUT2D eigenvalue weighted by atomic mass is 10.2. The first kappa shape index (κ1) is 10.9. The van der Waals surface area contributed by atoms with Gasteiger partial charge in [-0.3, -0.25) is 9.36 Å². The Labute approximate surface area is 103 Å². The minimum absolute atomic E-state index is 0.0545. The molecule has 0 fully saturated rings. The van der Waals surface area contributed by atoms with Gasteiger partial charge in [0.2, 0.25) is 0 Å². The molecule has 6 heteroatoms. The van der Waals surface area contributed by atoms with Crippen molar-refractivity contribution in [2.24, 2.45) is 0 Å². The van der Waals surface area contributed by atoms with Gasteiger partial charge in [-0.25, -0.2) is 14.6 Å². The van der Waals surface area contributed by atoms with E-state index in [1.807, 2.05) is 13.8 Å². The highest BCUT2D eigenvalue weighted by molar-refractivity contribution is 6.00. The largest absolute Gasteiger partial charge is 0.299 e. The van der Waals surface area contributed by atoms with E-state index in [0.29, 0.717) is 17.4 Å². The molecule has 3 heterocycles. The van der Waals surface area contributed by atoms with E-state index in [1.165, 1.54) is 0 Å². The van der Waals surface area contributed by atoms with E-state index in [0.717, 1.165) is 17.6 Å². The molecule has 3 aromatic heterocycles. The second kappa shape index (κ2) is 3.90. The van der Waals surface area contributed by atoms with E-state index in [-0.39, 0.29) is 5.56 Å². The van der Waals surface area contributed by atoms with Gasteiger partial charge >= 0.3 is 0 Å². The van der Waals surface area contributed by atoms with Crippen molar-refractivity contribution in [3.63, 3.8) is 0 Å². The minimum Gasteiger partial charge on any atom is -0.299 e. The Morgan fingerprint density at radius 2 is 1.94 bits per heavy atom. The van der Waals surface area contributed by atoms with Gasteiger partial charge in [-0.2, -0.15) is 5.10 Å². The van der Waals surface area contributed by atoms with Crippen LogP contribution in [0.3, 0.4) is 0 Å². The third-order valence-electron chi connectivity index (χ3n) is 3.10. The highest BCUT2D eigenvalue weighted by atomic mass is 16.1. The van der Waals surface area contributed by atoms with Crippen LogP contribution in [0.15, 0.2) is 23.5 Å². The average Bonchev–Trinajstić information content (AvgIpc) is 2.82. The second-order valence-corrected chi connectivity index (χ2v) is 4.05. The standard InChI is InChI=1S/C12H13N5O/c1-3-16-7-14-10-8-6-15-17(4-2)11(8)13-5-9(10)12(16)18/h5-7H,3-4H2,1-2H3. The van der Waals surface area contributed by atoms with E-state index < -0.39 is 0 Å². The summed E-state index contributed by atoms with van der Waals surface area (Å²) in [4.78, 5) is 20.8. The number of hydrogen-bond donors (Lipinski definition) is 0. The lowest BCUT2D eigenvalue weighted by Crippen LogP contribution is -2.19. The maximum absolute atomic E-state index is 12.1. The Bertz CT molecular complexity index is 786. The fourth-order valence-corrected chi connectivity index (χ4v) is 2.10. The maximum atomic E-state index is 12.1. The van der Waals surface area contributed by atoms with Crippen molar-refractivity contribution in [3.8, 4) is 0 Å². The maximum Gasteiger partial charge on any atom is 0.262 e. The van der Waals surface area contributed by atoms with Crippen molar-refractivity contribution in [2.45, 2.75) is 26.9 Å². The smallest absolute Gasteiger partial charge is 0.262 e. The lowest BCUT2D eigenvalue weighted by molar-refractivity contribution is 0.677. The topological polar surface area (TPSA) is 65.6 Å². The molecule has 92 valence electrons. The van der Waals surface area contributed by atoms with Gasteiger partial charge in [0.25, 0.3) is 5.56 Å². The zero-order chi connectivity index (χ0) is 12.7. The van der Waals surface area contributed by atoms with Crippen LogP contribution in [0.25, 0.3) is 21.9 Å². The van der Waals surface area contributed by atoms with Crippen LogP contribution in [-0.4, -0.2) is 24.3 Å². The first-order valence-electron chi connectivity index (χ1n) is 5.96. The van der Waals surface area contributed by atoms with Gasteiger partial charge in [0, 0.05) is 19.3 Å². The van der Waals surface area contributed by atoms with Crippen LogP contribution in [0.5, 0.6) is 0 Å². The second-order valence-electron chi connectivity index (χ2n) is 4.05. The molecule has 3 aromatic rings. The minimum atomic E-state index is -0.0545. The predicted octanol–water partition coefficient (Wildman–Crippen LogP) is 1.18. The SMILES string of the molecule is CCn1cnc2c(cnc3c2cnn3CC)c1=O. The third-order valence-corrected chi connectivity index (χ3v) is 3.10. The molecule has 0 amide bonds. The monoisotopic (exact) mass is 243 g/mol. The molecule has 0 radical (unpaired) electrons. The van der Waals surface area contributed by atoms with Crippen molar-refractivity contribution < 1.29 is 0 Å². The summed E-state index contributed by atoms with van der Waals surface area (Å²) in [6.07, 6.45) is 4.89. The number of nitrogens with zero attached hydrogens (tertiary/aromatic N) is 5. The first-order chi connectivity index (χ1) is 8.76. The number of pyridine rings is 1. The number of fused-ring (bicyclic) bond motifs is 3. The van der Waals surface area contributed by atoms with Crippen molar-refractivity contribution in [2.75, 3.05) is 0 Å². The molecule has 0 spiro atoms. The van der Waals surface area contributed by atoms with E-state index in [4.69, 9.17) is 0 Å². The van der Waals surface area contributed by atoms with Crippen LogP contribution < -0.4 is 5.56 Å². The highest BCUT2D eigenvalue weighted by Gasteiger charge is 2.11. The van der Waals surface area contributed by atoms with Crippen molar-refractivity contribution in [3.05, 3.63) is 29.1 Å². The van der Waals surface area contributed by atoms with Crippen molar-refractivity contribution >= 4 is 21.9 Å². The summed E-state index contributed by atoms with van der Waals surface area (Å²) in [5, 5.41) is 5.61. The van der Waals surface area contributed by atoms with Crippen LogP contribution in [-0.2, 0) is 13.1 Å². The summed E-state index contributed by atoms with van der Waals surface area (Å²) in [6, 6.07) is 0. The van der Waals surface area contributed by atoms with E-state index in [1.54, 1.807) is 28.0 Å². The molecule has 0 aliphatic rings. The summed E-state index contributed by atoms with van der Waals surface area (Å²) in [7, 11) is 0. The third kappa shape index (κ3) is 1.35. The van der Waals surface area contributed by atoms with E-state index >= 15 is 0 Å². The molecular formula is C12H13N5O. The Morgan fingerprint density at radius 1 is 1.11 bits per heavy atom. The van der Waals surface area contributed by atoms with Crippen LogP contribution in [0.4, 0.5) is 0 Å². The Balaban J connectivity index is 2.46. The van der Waals surface area contributed by atoms with Gasteiger partial charge in [-0.05, 0) is 13.8 Å². The van der Waals surface area contributed by atoms with Gasteiger partial charge in [-0.1, -0.05) is 0 Å². The number of aromatic nitrogens is 5. The summed E-state index contributed by atoms with van der Waals surface area (Å²) in [5.74, 6) is 0. The summed E-state index contributed by atoms with van der Waals surface area (Å²) in [6.45, 7) is 5.26. The van der Waals surface area contributed by atoms with E-state index in [9.17, 15) is 4.79 Å². The fourth-order valence-electron chi connectivity index (χ4n) is 2.10. The molecule has 3 rings (SSSR count). The van der Waals surface area contributed by atoms with Crippen LogP contribution in [0, 0.1) is 0 Å². The Kier molecular flexibility index (Phi) is 2.36. The Hall–Kier alpha value is -2.24. The molecule has 0 N–H and O–H groups in total. The normalized spacial score (nSPS) is 11.4. The molecule has 0 bridgehead atoms. The quantitative estimate of drug-likeness (QED) is 0.678. The summed E-state index contributed by atoms with van der Waals surface area (Å²) >= 11 is 0. The highest BCUT2D eigenvalue weighted by Crippen LogP contribution is 2.18. The van der Waals surface area contributed by atoms with Crippen LogP contribution in [0.2, 0.25) is 0 Å². The zero-order valence-electron chi connectivity index (χ0n) is 10.3.